The second-order valence-electron chi connectivity index (χ2n) is 5.99. The van der Waals surface area contributed by atoms with E-state index in [1.54, 1.807) is 20.0 Å². The summed E-state index contributed by atoms with van der Waals surface area (Å²) in [6.07, 6.45) is 1.63. The Morgan fingerprint density at radius 2 is 2.19 bits per heavy atom. The standard InChI is InChI=1S/C13H20BrN3O3S/c1-12(2)11(15)21-13(3,7-17(12,18)19)9-5-8(14)6-16-10(9)20-4/h5-6,11,18H,7,15H2,1-4H3/t11-,13?/m1/s1. The summed E-state index contributed by atoms with van der Waals surface area (Å²) >= 11 is 4.83. The molecule has 2 unspecified atom stereocenters. The highest BCUT2D eigenvalue weighted by molar-refractivity contribution is 9.10. The van der Waals surface area contributed by atoms with Gasteiger partial charge in [0.2, 0.25) is 5.88 Å². The van der Waals surface area contributed by atoms with Crippen molar-refractivity contribution in [1.82, 2.24) is 4.98 Å². The molecule has 0 spiro atoms. The van der Waals surface area contributed by atoms with Crippen molar-refractivity contribution in [3.05, 3.63) is 27.5 Å². The Kier molecular flexibility index (Phi) is 4.34. The van der Waals surface area contributed by atoms with Gasteiger partial charge in [-0.2, -0.15) is 0 Å². The van der Waals surface area contributed by atoms with Crippen LogP contribution < -0.4 is 10.5 Å². The zero-order chi connectivity index (χ0) is 16.1. The Hall–Kier alpha value is -0.380. The summed E-state index contributed by atoms with van der Waals surface area (Å²) in [7, 11) is 1.53. The summed E-state index contributed by atoms with van der Waals surface area (Å²) in [4.78, 5) is 2.82. The van der Waals surface area contributed by atoms with Crippen molar-refractivity contribution in [2.24, 2.45) is 5.73 Å². The van der Waals surface area contributed by atoms with Gasteiger partial charge in [-0.25, -0.2) is 15.0 Å². The number of quaternary nitrogens is 1. The number of ether oxygens (including phenoxy) is 1. The topological polar surface area (TPSA) is 91.4 Å². The second kappa shape index (κ2) is 5.36. The molecule has 0 bridgehead atoms. The number of methoxy groups -OCH3 is 1. The number of hydroxylamine groups is 4. The summed E-state index contributed by atoms with van der Waals surface area (Å²) in [5.74, 6) is 0.431. The number of nitrogens with zero attached hydrogens (tertiary/aromatic N) is 2. The predicted octanol–water partition coefficient (Wildman–Crippen LogP) is 2.58. The molecule has 1 saturated heterocycles. The lowest BCUT2D eigenvalue weighted by Crippen LogP contribution is -2.69. The van der Waals surface area contributed by atoms with Gasteiger partial charge < -0.3 is 15.7 Å². The zero-order valence-corrected chi connectivity index (χ0v) is 14.9. The van der Waals surface area contributed by atoms with Crippen molar-refractivity contribution in [2.45, 2.75) is 36.4 Å². The third-order valence-corrected chi connectivity index (χ3v) is 6.21. The fraction of sp³-hybridized carbons (Fsp3) is 0.615. The van der Waals surface area contributed by atoms with E-state index in [1.807, 2.05) is 13.0 Å². The number of pyridine rings is 1. The monoisotopic (exact) mass is 377 g/mol. The minimum absolute atomic E-state index is 0.0349. The maximum absolute atomic E-state index is 12.6. The zero-order valence-electron chi connectivity index (χ0n) is 12.5. The predicted molar refractivity (Wildman–Crippen MR) is 85.8 cm³/mol. The van der Waals surface area contributed by atoms with Gasteiger partial charge in [0.25, 0.3) is 0 Å². The molecule has 0 radical (unpaired) electrons. The van der Waals surface area contributed by atoms with Gasteiger partial charge in [-0.05, 0) is 42.8 Å². The summed E-state index contributed by atoms with van der Waals surface area (Å²) in [5, 5.41) is 22.4. The minimum atomic E-state index is -1.40. The van der Waals surface area contributed by atoms with Crippen molar-refractivity contribution < 1.29 is 14.8 Å². The first-order chi connectivity index (χ1) is 9.53. The Labute approximate surface area is 136 Å². The molecule has 1 aromatic heterocycles. The molecule has 6 nitrogen and oxygen atoms in total. The average Bonchev–Trinajstić information content (AvgIpc) is 2.36. The highest BCUT2D eigenvalue weighted by Crippen LogP contribution is 2.51. The highest BCUT2D eigenvalue weighted by atomic mass is 79.9. The molecule has 118 valence electrons. The molecular weight excluding hydrogens is 358 g/mol. The smallest absolute Gasteiger partial charge is 0.217 e. The van der Waals surface area contributed by atoms with E-state index in [0.717, 1.165) is 10.0 Å². The van der Waals surface area contributed by atoms with Crippen LogP contribution in [0.2, 0.25) is 0 Å². The van der Waals surface area contributed by atoms with Gasteiger partial charge in [0, 0.05) is 16.2 Å². The SMILES string of the molecule is COc1ncc(Br)cc1C1(C)C[N+]([O-])(O)C(C)(C)[C@H](N)S1. The van der Waals surface area contributed by atoms with E-state index in [0.29, 0.717) is 5.88 Å². The highest BCUT2D eigenvalue weighted by Gasteiger charge is 2.55. The van der Waals surface area contributed by atoms with Crippen LogP contribution in [0.15, 0.2) is 16.7 Å². The van der Waals surface area contributed by atoms with Crippen LogP contribution in [0.4, 0.5) is 0 Å². The molecule has 2 rings (SSSR count). The largest absolute Gasteiger partial charge is 0.598 e. The summed E-state index contributed by atoms with van der Waals surface area (Å²) < 4.78 is 5.37. The minimum Gasteiger partial charge on any atom is -0.598 e. The fourth-order valence-electron chi connectivity index (χ4n) is 2.39. The number of hydrogen-bond donors (Lipinski definition) is 2. The number of halogens is 1. The van der Waals surface area contributed by atoms with Gasteiger partial charge in [0.05, 0.1) is 11.9 Å². The molecule has 3 N–H and O–H groups in total. The van der Waals surface area contributed by atoms with Gasteiger partial charge in [0.15, 0.2) is 0 Å². The number of thioether (sulfide) groups is 1. The van der Waals surface area contributed by atoms with Gasteiger partial charge in [0.1, 0.15) is 17.5 Å². The van der Waals surface area contributed by atoms with E-state index in [-0.39, 0.29) is 6.54 Å². The van der Waals surface area contributed by atoms with Crippen LogP contribution in [-0.2, 0) is 4.75 Å². The van der Waals surface area contributed by atoms with Crippen LogP contribution >= 0.6 is 27.7 Å². The molecule has 1 fully saturated rings. The van der Waals surface area contributed by atoms with Crippen LogP contribution in [0.3, 0.4) is 0 Å². The van der Waals surface area contributed by atoms with Gasteiger partial charge in [-0.15, -0.1) is 11.8 Å². The number of rotatable bonds is 2. The lowest BCUT2D eigenvalue weighted by molar-refractivity contribution is -1.10. The quantitative estimate of drug-likeness (QED) is 0.607. The summed E-state index contributed by atoms with van der Waals surface area (Å²) in [6.45, 7) is 5.19. The maximum atomic E-state index is 12.6. The molecule has 3 atom stereocenters. The van der Waals surface area contributed by atoms with E-state index in [4.69, 9.17) is 10.5 Å². The van der Waals surface area contributed by atoms with Crippen LogP contribution in [0.1, 0.15) is 26.3 Å². The molecule has 0 amide bonds. The molecule has 1 aromatic rings. The first-order valence-corrected chi connectivity index (χ1v) is 8.16. The average molecular weight is 378 g/mol. The van der Waals surface area contributed by atoms with Gasteiger partial charge in [-0.3, -0.25) is 0 Å². The fourth-order valence-corrected chi connectivity index (χ4v) is 4.26. The van der Waals surface area contributed by atoms with E-state index < -0.39 is 20.5 Å². The molecule has 1 aliphatic rings. The van der Waals surface area contributed by atoms with Crippen LogP contribution in [-0.4, -0.2) is 39.6 Å². The lowest BCUT2D eigenvalue weighted by atomic mass is 9.96. The molecule has 0 saturated carbocycles. The van der Waals surface area contributed by atoms with E-state index in [9.17, 15) is 10.4 Å². The Bertz CT molecular complexity index is 555. The van der Waals surface area contributed by atoms with Crippen LogP contribution in [0.25, 0.3) is 0 Å². The van der Waals surface area contributed by atoms with E-state index in [1.165, 1.54) is 18.9 Å². The second-order valence-corrected chi connectivity index (χ2v) is 8.55. The number of nitrogens with two attached hydrogens (primary N) is 1. The first kappa shape index (κ1) is 17.0. The molecule has 1 aliphatic heterocycles. The summed E-state index contributed by atoms with van der Waals surface area (Å²) in [5.41, 5.74) is 5.89. The van der Waals surface area contributed by atoms with E-state index in [2.05, 4.69) is 20.9 Å². The lowest BCUT2D eigenvalue weighted by Gasteiger charge is -2.57. The van der Waals surface area contributed by atoms with Gasteiger partial charge in [-0.1, -0.05) is 0 Å². The molecule has 2 heterocycles. The van der Waals surface area contributed by atoms with Crippen molar-refractivity contribution >= 4 is 27.7 Å². The molecule has 21 heavy (non-hydrogen) atoms. The van der Waals surface area contributed by atoms with E-state index >= 15 is 0 Å². The third kappa shape index (κ3) is 2.80. The van der Waals surface area contributed by atoms with Crippen molar-refractivity contribution in [2.75, 3.05) is 13.7 Å². The van der Waals surface area contributed by atoms with Crippen molar-refractivity contribution in [3.63, 3.8) is 0 Å². The molecule has 0 aromatic carbocycles. The van der Waals surface area contributed by atoms with Crippen LogP contribution in [0.5, 0.6) is 5.88 Å². The van der Waals surface area contributed by atoms with Crippen LogP contribution in [0, 0.1) is 5.21 Å². The normalized spacial score (nSPS) is 35.5. The maximum Gasteiger partial charge on any atom is 0.217 e. The summed E-state index contributed by atoms with van der Waals surface area (Å²) in [6, 6.07) is 1.85. The molecular formula is C13H20BrN3O3S. The molecule has 0 aliphatic carbocycles. The Morgan fingerprint density at radius 1 is 1.57 bits per heavy atom. The third-order valence-electron chi connectivity index (χ3n) is 4.08. The Balaban J connectivity index is 2.51. The number of aromatic nitrogens is 1. The molecule has 8 heteroatoms. The van der Waals surface area contributed by atoms with Crippen molar-refractivity contribution in [3.8, 4) is 5.88 Å². The first-order valence-electron chi connectivity index (χ1n) is 6.49. The number of hydrogen-bond acceptors (Lipinski definition) is 6. The van der Waals surface area contributed by atoms with Gasteiger partial charge >= 0.3 is 0 Å². The van der Waals surface area contributed by atoms with Crippen molar-refractivity contribution in [1.29, 1.82) is 0 Å². The Morgan fingerprint density at radius 3 is 2.71 bits per heavy atom.